The van der Waals surface area contributed by atoms with Crippen LogP contribution in [0.15, 0.2) is 48.5 Å². The Morgan fingerprint density at radius 3 is 2.59 bits per heavy atom. The number of hydrogen-bond acceptors (Lipinski definition) is 4. The predicted molar refractivity (Wildman–Crippen MR) is 102 cm³/mol. The highest BCUT2D eigenvalue weighted by atomic mass is 19.4. The van der Waals surface area contributed by atoms with Crippen LogP contribution in [0.25, 0.3) is 0 Å². The molecule has 29 heavy (non-hydrogen) atoms. The van der Waals surface area contributed by atoms with Crippen LogP contribution >= 0.6 is 0 Å². The van der Waals surface area contributed by atoms with E-state index in [4.69, 9.17) is 4.74 Å². The van der Waals surface area contributed by atoms with Gasteiger partial charge >= 0.3 is 6.36 Å². The molecule has 1 unspecified atom stereocenters. The quantitative estimate of drug-likeness (QED) is 0.751. The molecule has 1 atom stereocenters. The lowest BCUT2D eigenvalue weighted by atomic mass is 10.0. The van der Waals surface area contributed by atoms with Gasteiger partial charge in [-0.1, -0.05) is 30.3 Å². The van der Waals surface area contributed by atoms with Gasteiger partial charge in [-0.25, -0.2) is 0 Å². The Balaban J connectivity index is 1.58. The van der Waals surface area contributed by atoms with E-state index in [0.717, 1.165) is 30.7 Å². The fraction of sp³-hybridized carbons (Fsp3) is 0.381. The summed E-state index contributed by atoms with van der Waals surface area (Å²) in [7, 11) is 1.61. The number of alkyl halides is 3. The normalized spacial score (nSPS) is 17.2. The Labute approximate surface area is 167 Å². The first-order chi connectivity index (χ1) is 13.9. The molecule has 8 heteroatoms. The topological polar surface area (TPSA) is 50.8 Å². The van der Waals surface area contributed by atoms with Crippen molar-refractivity contribution in [3.8, 4) is 11.5 Å². The van der Waals surface area contributed by atoms with Crippen molar-refractivity contribution in [2.75, 3.05) is 20.2 Å². The SMILES string of the molecule is COc1ccc(C2CCCN2CC(=O)NCc2ccccc2OC(F)(F)F)cc1. The van der Waals surface area contributed by atoms with Gasteiger partial charge in [0.15, 0.2) is 0 Å². The smallest absolute Gasteiger partial charge is 0.497 e. The van der Waals surface area contributed by atoms with Crippen LogP contribution in [0.2, 0.25) is 0 Å². The number of ether oxygens (including phenoxy) is 2. The second-order valence-electron chi connectivity index (χ2n) is 6.83. The van der Waals surface area contributed by atoms with E-state index >= 15 is 0 Å². The molecule has 3 rings (SSSR count). The van der Waals surface area contributed by atoms with Crippen molar-refractivity contribution < 1.29 is 27.4 Å². The molecule has 1 aliphatic heterocycles. The van der Waals surface area contributed by atoms with Gasteiger partial charge in [0, 0.05) is 18.2 Å². The van der Waals surface area contributed by atoms with Crippen LogP contribution in [-0.2, 0) is 11.3 Å². The molecule has 1 aliphatic rings. The summed E-state index contributed by atoms with van der Waals surface area (Å²) in [4.78, 5) is 14.5. The number of para-hydroxylation sites is 1. The fourth-order valence-electron chi connectivity index (χ4n) is 3.53. The minimum absolute atomic E-state index is 0.0356. The van der Waals surface area contributed by atoms with Crippen LogP contribution in [0.1, 0.15) is 30.0 Å². The summed E-state index contributed by atoms with van der Waals surface area (Å²) in [5.74, 6) is 0.223. The summed E-state index contributed by atoms with van der Waals surface area (Å²) < 4.78 is 46.8. The molecule has 1 amide bonds. The lowest BCUT2D eigenvalue weighted by molar-refractivity contribution is -0.274. The van der Waals surface area contributed by atoms with E-state index in [1.54, 1.807) is 13.2 Å². The number of likely N-dealkylation sites (tertiary alicyclic amines) is 1. The second kappa shape index (κ2) is 9.17. The van der Waals surface area contributed by atoms with Gasteiger partial charge in [0.25, 0.3) is 0 Å². The zero-order chi connectivity index (χ0) is 20.9. The van der Waals surface area contributed by atoms with Crippen LogP contribution in [0.4, 0.5) is 13.2 Å². The molecule has 156 valence electrons. The summed E-state index contributed by atoms with van der Waals surface area (Å²) in [6.45, 7) is 0.934. The van der Waals surface area contributed by atoms with Crippen molar-refractivity contribution in [1.29, 1.82) is 0 Å². The third-order valence-corrected chi connectivity index (χ3v) is 4.89. The molecule has 0 spiro atoms. The third-order valence-electron chi connectivity index (χ3n) is 4.89. The molecular formula is C21H23F3N2O3. The van der Waals surface area contributed by atoms with E-state index < -0.39 is 6.36 Å². The van der Waals surface area contributed by atoms with Gasteiger partial charge in [-0.05, 0) is 43.1 Å². The molecule has 0 saturated carbocycles. The monoisotopic (exact) mass is 408 g/mol. The summed E-state index contributed by atoms with van der Waals surface area (Å²) in [6, 6.07) is 13.7. The molecule has 0 bridgehead atoms. The highest BCUT2D eigenvalue weighted by Crippen LogP contribution is 2.32. The predicted octanol–water partition coefficient (Wildman–Crippen LogP) is 4.05. The van der Waals surface area contributed by atoms with Crippen molar-refractivity contribution >= 4 is 5.91 Å². The standard InChI is InChI=1S/C21H23F3N2O3/c1-28-17-10-8-15(9-11-17)18-6-4-12-26(18)14-20(27)25-13-16-5-2-3-7-19(16)29-21(22,23)24/h2-3,5,7-11,18H,4,6,12-14H2,1H3,(H,25,27). The Morgan fingerprint density at radius 2 is 1.90 bits per heavy atom. The second-order valence-corrected chi connectivity index (χ2v) is 6.83. The largest absolute Gasteiger partial charge is 0.573 e. The Kier molecular flexibility index (Phi) is 6.64. The van der Waals surface area contributed by atoms with Crippen LogP contribution < -0.4 is 14.8 Å². The maximum Gasteiger partial charge on any atom is 0.573 e. The van der Waals surface area contributed by atoms with Gasteiger partial charge in [0.05, 0.1) is 13.7 Å². The highest BCUT2D eigenvalue weighted by Gasteiger charge is 2.32. The summed E-state index contributed by atoms with van der Waals surface area (Å²) >= 11 is 0. The van der Waals surface area contributed by atoms with Crippen LogP contribution in [0, 0.1) is 0 Å². The van der Waals surface area contributed by atoms with Gasteiger partial charge in [0.1, 0.15) is 11.5 Å². The van der Waals surface area contributed by atoms with E-state index in [9.17, 15) is 18.0 Å². The number of methoxy groups -OCH3 is 1. The van der Waals surface area contributed by atoms with Gasteiger partial charge in [-0.2, -0.15) is 0 Å². The molecule has 0 aromatic heterocycles. The zero-order valence-corrected chi connectivity index (χ0v) is 16.0. The van der Waals surface area contributed by atoms with Crippen molar-refractivity contribution in [3.05, 3.63) is 59.7 Å². The average molecular weight is 408 g/mol. The van der Waals surface area contributed by atoms with Crippen molar-refractivity contribution in [2.45, 2.75) is 31.8 Å². The van der Waals surface area contributed by atoms with E-state index in [0.29, 0.717) is 0 Å². The van der Waals surface area contributed by atoms with Crippen molar-refractivity contribution in [1.82, 2.24) is 10.2 Å². The van der Waals surface area contributed by atoms with E-state index in [1.807, 2.05) is 24.3 Å². The molecule has 0 aliphatic carbocycles. The molecule has 1 heterocycles. The number of carbonyl (C=O) groups excluding carboxylic acids is 1. The Morgan fingerprint density at radius 1 is 1.17 bits per heavy atom. The van der Waals surface area contributed by atoms with Crippen LogP contribution in [0.3, 0.4) is 0 Å². The molecule has 5 nitrogen and oxygen atoms in total. The third kappa shape index (κ3) is 5.87. The number of carbonyl (C=O) groups is 1. The van der Waals surface area contributed by atoms with Crippen molar-refractivity contribution in [3.63, 3.8) is 0 Å². The number of nitrogens with one attached hydrogen (secondary N) is 1. The minimum atomic E-state index is -4.78. The maximum absolute atomic E-state index is 12.5. The molecule has 1 saturated heterocycles. The van der Waals surface area contributed by atoms with Gasteiger partial charge < -0.3 is 14.8 Å². The summed E-state index contributed by atoms with van der Waals surface area (Å²) in [5.41, 5.74) is 1.38. The van der Waals surface area contributed by atoms with Crippen LogP contribution in [-0.4, -0.2) is 37.4 Å². The first-order valence-corrected chi connectivity index (χ1v) is 9.34. The van der Waals surface area contributed by atoms with E-state index in [2.05, 4.69) is 15.0 Å². The number of nitrogens with zero attached hydrogens (tertiary/aromatic N) is 1. The number of rotatable bonds is 7. The molecule has 2 aromatic rings. The number of amides is 1. The summed E-state index contributed by atoms with van der Waals surface area (Å²) in [5, 5.41) is 2.69. The maximum atomic E-state index is 12.5. The first-order valence-electron chi connectivity index (χ1n) is 9.34. The average Bonchev–Trinajstić information content (AvgIpc) is 3.14. The first kappa shape index (κ1) is 21.0. The van der Waals surface area contributed by atoms with Gasteiger partial charge in [-0.15, -0.1) is 13.2 Å². The Bertz CT molecular complexity index is 825. The minimum Gasteiger partial charge on any atom is -0.497 e. The van der Waals surface area contributed by atoms with Gasteiger partial charge in [-0.3, -0.25) is 9.69 Å². The molecule has 1 fully saturated rings. The lowest BCUT2D eigenvalue weighted by Gasteiger charge is -2.24. The zero-order valence-electron chi connectivity index (χ0n) is 16.0. The fourth-order valence-corrected chi connectivity index (χ4v) is 3.53. The van der Waals surface area contributed by atoms with E-state index in [1.165, 1.54) is 18.2 Å². The van der Waals surface area contributed by atoms with Crippen LogP contribution in [0.5, 0.6) is 11.5 Å². The van der Waals surface area contributed by atoms with E-state index in [-0.39, 0.29) is 36.4 Å². The highest BCUT2D eigenvalue weighted by molar-refractivity contribution is 5.78. The number of benzene rings is 2. The molecule has 2 aromatic carbocycles. The molecule has 0 radical (unpaired) electrons. The number of hydrogen-bond donors (Lipinski definition) is 1. The molecular weight excluding hydrogens is 385 g/mol. The Hall–Kier alpha value is -2.74. The molecule has 1 N–H and O–H groups in total. The van der Waals surface area contributed by atoms with Gasteiger partial charge in [0.2, 0.25) is 5.91 Å². The van der Waals surface area contributed by atoms with Crippen molar-refractivity contribution in [2.24, 2.45) is 0 Å². The lowest BCUT2D eigenvalue weighted by Crippen LogP contribution is -2.36. The number of halogens is 3. The summed E-state index contributed by atoms with van der Waals surface area (Å²) in [6.07, 6.45) is -2.85.